The van der Waals surface area contributed by atoms with Crippen molar-refractivity contribution in [2.45, 2.75) is 31.7 Å². The molecular formula is C16H24N2O2S. The number of carbonyl (C=O) groups excluding carboxylic acids is 2. The number of carbonyl (C=O) groups is 2. The molecule has 0 spiro atoms. The molecule has 0 unspecified atom stereocenters. The Kier molecular flexibility index (Phi) is 7.47. The van der Waals surface area contributed by atoms with Crippen molar-refractivity contribution in [3.05, 3.63) is 29.8 Å². The highest BCUT2D eigenvalue weighted by Gasteiger charge is 2.14. The average Bonchev–Trinajstić information content (AvgIpc) is 2.45. The van der Waals surface area contributed by atoms with E-state index in [1.165, 1.54) is 0 Å². The number of thioether (sulfide) groups is 1. The first-order valence-electron chi connectivity index (χ1n) is 7.15. The van der Waals surface area contributed by atoms with Crippen LogP contribution in [0.3, 0.4) is 0 Å². The largest absolute Gasteiger partial charge is 0.353 e. The Morgan fingerprint density at radius 1 is 1.19 bits per heavy atom. The second kappa shape index (κ2) is 8.85. The van der Waals surface area contributed by atoms with E-state index in [0.717, 1.165) is 4.90 Å². The Balaban J connectivity index is 2.59. The highest BCUT2D eigenvalue weighted by Crippen LogP contribution is 2.15. The van der Waals surface area contributed by atoms with Crippen LogP contribution in [0, 0.1) is 0 Å². The lowest BCUT2D eigenvalue weighted by molar-refractivity contribution is -0.122. The molecule has 0 bridgehead atoms. The number of ketones is 1. The van der Waals surface area contributed by atoms with Crippen LogP contribution < -0.4 is 5.32 Å². The van der Waals surface area contributed by atoms with Gasteiger partial charge in [0.05, 0.1) is 13.1 Å². The summed E-state index contributed by atoms with van der Waals surface area (Å²) in [5.41, 5.74) is 0.690. The van der Waals surface area contributed by atoms with Gasteiger partial charge in [0.1, 0.15) is 0 Å². The minimum atomic E-state index is -0.0441. The van der Waals surface area contributed by atoms with E-state index in [0.29, 0.717) is 12.1 Å². The number of benzene rings is 1. The molecule has 1 aromatic carbocycles. The third kappa shape index (κ3) is 6.31. The van der Waals surface area contributed by atoms with Gasteiger partial charge in [-0.3, -0.25) is 14.5 Å². The summed E-state index contributed by atoms with van der Waals surface area (Å²) in [4.78, 5) is 27.0. The third-order valence-corrected chi connectivity index (χ3v) is 3.79. The highest BCUT2D eigenvalue weighted by molar-refractivity contribution is 7.98. The molecule has 1 N–H and O–H groups in total. The molecule has 0 saturated carbocycles. The fraction of sp³-hybridized carbons (Fsp3) is 0.500. The maximum atomic E-state index is 12.2. The van der Waals surface area contributed by atoms with E-state index in [9.17, 15) is 9.59 Å². The molecule has 0 aliphatic rings. The number of Topliss-reactive ketones (excluding diaryl/α,β-unsaturated/α-hetero) is 1. The maximum Gasteiger partial charge on any atom is 0.234 e. The first kappa shape index (κ1) is 17.7. The Labute approximate surface area is 131 Å². The minimum absolute atomic E-state index is 0.0434. The summed E-state index contributed by atoms with van der Waals surface area (Å²) < 4.78 is 0. The van der Waals surface area contributed by atoms with Gasteiger partial charge in [-0.15, -0.1) is 11.8 Å². The monoisotopic (exact) mass is 308 g/mol. The molecule has 0 atom stereocenters. The van der Waals surface area contributed by atoms with E-state index in [1.54, 1.807) is 11.8 Å². The Morgan fingerprint density at radius 2 is 1.81 bits per heavy atom. The van der Waals surface area contributed by atoms with Crippen LogP contribution in [-0.4, -0.2) is 48.5 Å². The van der Waals surface area contributed by atoms with Gasteiger partial charge in [0, 0.05) is 16.5 Å². The van der Waals surface area contributed by atoms with Gasteiger partial charge in [-0.2, -0.15) is 0 Å². The Morgan fingerprint density at radius 3 is 2.29 bits per heavy atom. The van der Waals surface area contributed by atoms with Crippen molar-refractivity contribution < 1.29 is 9.59 Å². The van der Waals surface area contributed by atoms with Crippen LogP contribution >= 0.6 is 11.8 Å². The lowest BCUT2D eigenvalue weighted by Gasteiger charge is -2.20. The fourth-order valence-electron chi connectivity index (χ4n) is 1.92. The van der Waals surface area contributed by atoms with E-state index < -0.39 is 0 Å². The summed E-state index contributed by atoms with van der Waals surface area (Å²) >= 11 is 1.65. The van der Waals surface area contributed by atoms with Crippen molar-refractivity contribution in [2.24, 2.45) is 0 Å². The van der Waals surface area contributed by atoms with Gasteiger partial charge in [0.2, 0.25) is 5.91 Å². The van der Waals surface area contributed by atoms with Gasteiger partial charge in [0.25, 0.3) is 0 Å². The number of likely N-dealkylation sites (N-methyl/N-ethyl adjacent to an activating group) is 1. The summed E-state index contributed by atoms with van der Waals surface area (Å²) in [6.07, 6.45) is 2.00. The minimum Gasteiger partial charge on any atom is -0.353 e. The van der Waals surface area contributed by atoms with Gasteiger partial charge in [-0.25, -0.2) is 0 Å². The maximum absolute atomic E-state index is 12.2. The van der Waals surface area contributed by atoms with Gasteiger partial charge in [-0.05, 0) is 38.8 Å². The quantitative estimate of drug-likeness (QED) is 0.592. The van der Waals surface area contributed by atoms with E-state index in [-0.39, 0.29) is 30.8 Å². The highest BCUT2D eigenvalue weighted by atomic mass is 32.2. The van der Waals surface area contributed by atoms with E-state index in [1.807, 2.05) is 56.2 Å². The van der Waals surface area contributed by atoms with Gasteiger partial charge >= 0.3 is 0 Å². The predicted octanol–water partition coefficient (Wildman–Crippen LogP) is 2.44. The molecule has 1 aromatic rings. The number of hydrogen-bond donors (Lipinski definition) is 1. The molecule has 0 fully saturated rings. The van der Waals surface area contributed by atoms with Gasteiger partial charge < -0.3 is 5.32 Å². The standard InChI is InChI=1S/C16H24N2O2S/c1-5-18(11-16(20)17-12(2)3)10-15(19)13-6-8-14(21-4)9-7-13/h6-9,12H,5,10-11H2,1-4H3,(H,17,20). The molecule has 0 heterocycles. The average molecular weight is 308 g/mol. The molecule has 0 aliphatic heterocycles. The van der Waals surface area contributed by atoms with Crippen LogP contribution in [0.1, 0.15) is 31.1 Å². The Hall–Kier alpha value is -1.33. The second-order valence-corrected chi connectivity index (χ2v) is 6.06. The van der Waals surface area contributed by atoms with Crippen molar-refractivity contribution in [2.75, 3.05) is 25.9 Å². The third-order valence-electron chi connectivity index (χ3n) is 3.04. The van der Waals surface area contributed by atoms with Crippen molar-refractivity contribution in [1.82, 2.24) is 10.2 Å². The molecule has 4 nitrogen and oxygen atoms in total. The summed E-state index contributed by atoms with van der Waals surface area (Å²) in [6, 6.07) is 7.69. The van der Waals surface area contributed by atoms with Crippen molar-refractivity contribution in [3.8, 4) is 0 Å². The normalized spacial score (nSPS) is 11.0. The van der Waals surface area contributed by atoms with E-state index in [4.69, 9.17) is 0 Å². The summed E-state index contributed by atoms with van der Waals surface area (Å²) in [5, 5.41) is 2.84. The molecule has 5 heteroatoms. The molecular weight excluding hydrogens is 284 g/mol. The zero-order valence-electron chi connectivity index (χ0n) is 13.2. The molecule has 1 amide bonds. The van der Waals surface area contributed by atoms with Crippen LogP contribution in [0.5, 0.6) is 0 Å². The number of rotatable bonds is 8. The number of nitrogens with one attached hydrogen (secondary N) is 1. The first-order valence-corrected chi connectivity index (χ1v) is 8.37. The zero-order chi connectivity index (χ0) is 15.8. The van der Waals surface area contributed by atoms with Crippen LogP contribution in [0.2, 0.25) is 0 Å². The summed E-state index contributed by atoms with van der Waals surface area (Å²) in [5.74, 6) is -0.000712. The lowest BCUT2D eigenvalue weighted by atomic mass is 10.1. The molecule has 116 valence electrons. The SMILES string of the molecule is CCN(CC(=O)NC(C)C)CC(=O)c1ccc(SC)cc1. The van der Waals surface area contributed by atoms with Crippen molar-refractivity contribution in [1.29, 1.82) is 0 Å². The van der Waals surface area contributed by atoms with Crippen molar-refractivity contribution in [3.63, 3.8) is 0 Å². The molecule has 0 saturated heterocycles. The van der Waals surface area contributed by atoms with Gasteiger partial charge in [-0.1, -0.05) is 19.1 Å². The topological polar surface area (TPSA) is 49.4 Å². The van der Waals surface area contributed by atoms with Crippen LogP contribution in [0.15, 0.2) is 29.2 Å². The molecule has 0 aliphatic carbocycles. The van der Waals surface area contributed by atoms with Crippen LogP contribution in [0.4, 0.5) is 0 Å². The molecule has 21 heavy (non-hydrogen) atoms. The zero-order valence-corrected chi connectivity index (χ0v) is 14.0. The number of hydrogen-bond acceptors (Lipinski definition) is 4. The van der Waals surface area contributed by atoms with Gasteiger partial charge in [0.15, 0.2) is 5.78 Å². The Bertz CT molecular complexity index is 472. The fourth-order valence-corrected chi connectivity index (χ4v) is 2.33. The second-order valence-electron chi connectivity index (χ2n) is 5.18. The summed E-state index contributed by atoms with van der Waals surface area (Å²) in [6.45, 7) is 6.98. The number of nitrogens with zero attached hydrogens (tertiary/aromatic N) is 1. The van der Waals surface area contributed by atoms with E-state index in [2.05, 4.69) is 5.32 Å². The van der Waals surface area contributed by atoms with Crippen LogP contribution in [0.25, 0.3) is 0 Å². The molecule has 0 aromatic heterocycles. The molecule has 0 radical (unpaired) electrons. The first-order chi connectivity index (χ1) is 9.96. The van der Waals surface area contributed by atoms with E-state index >= 15 is 0 Å². The van der Waals surface area contributed by atoms with Crippen LogP contribution in [-0.2, 0) is 4.79 Å². The predicted molar refractivity (Wildman–Crippen MR) is 87.9 cm³/mol. The molecule has 1 rings (SSSR count). The lowest BCUT2D eigenvalue weighted by Crippen LogP contribution is -2.41. The summed E-state index contributed by atoms with van der Waals surface area (Å²) in [7, 11) is 0. The number of amides is 1. The van der Waals surface area contributed by atoms with Crippen molar-refractivity contribution >= 4 is 23.5 Å². The smallest absolute Gasteiger partial charge is 0.234 e.